The summed E-state index contributed by atoms with van der Waals surface area (Å²) in [6.07, 6.45) is -2.03. The molecule has 0 saturated heterocycles. The van der Waals surface area contributed by atoms with Gasteiger partial charge in [0.2, 0.25) is 6.43 Å². The van der Waals surface area contributed by atoms with Crippen LogP contribution in [-0.2, 0) is 6.42 Å². The van der Waals surface area contributed by atoms with Gasteiger partial charge in [-0.25, -0.2) is 8.78 Å². The number of hydrogen-bond acceptors (Lipinski definition) is 1. The number of Topliss-reactive ketones (excluding diaryl/α,β-unsaturated/α-hetero) is 1. The summed E-state index contributed by atoms with van der Waals surface area (Å²) in [5, 5.41) is 0. The Morgan fingerprint density at radius 3 is 2.29 bits per heavy atom. The molecule has 1 aromatic carbocycles. The highest BCUT2D eigenvalue weighted by Crippen LogP contribution is 2.10. The molecule has 76 valence electrons. The molecule has 0 aliphatic heterocycles. The van der Waals surface area contributed by atoms with Gasteiger partial charge in [0, 0.05) is 12.0 Å². The fraction of sp³-hybridized carbons (Fsp3) is 0.364. The summed E-state index contributed by atoms with van der Waals surface area (Å²) in [7, 11) is 0. The van der Waals surface area contributed by atoms with Crippen molar-refractivity contribution >= 4 is 5.78 Å². The van der Waals surface area contributed by atoms with Crippen LogP contribution in [0.3, 0.4) is 0 Å². The lowest BCUT2D eigenvalue weighted by Gasteiger charge is -2.01. The zero-order chi connectivity index (χ0) is 10.6. The van der Waals surface area contributed by atoms with Crippen LogP contribution >= 0.6 is 0 Å². The van der Waals surface area contributed by atoms with Crippen LogP contribution in [0.2, 0.25) is 0 Å². The molecular weight excluding hydrogens is 186 g/mol. The van der Waals surface area contributed by atoms with Crippen molar-refractivity contribution in [3.05, 3.63) is 35.4 Å². The van der Waals surface area contributed by atoms with Gasteiger partial charge in [0.25, 0.3) is 0 Å². The van der Waals surface area contributed by atoms with Gasteiger partial charge in [-0.15, -0.1) is 0 Å². The van der Waals surface area contributed by atoms with Crippen molar-refractivity contribution < 1.29 is 13.6 Å². The lowest BCUT2D eigenvalue weighted by molar-refractivity contribution is 0.101. The van der Waals surface area contributed by atoms with Crippen molar-refractivity contribution in [1.29, 1.82) is 0 Å². The number of carbonyl (C=O) groups is 1. The van der Waals surface area contributed by atoms with Gasteiger partial charge in [0.05, 0.1) is 0 Å². The fourth-order valence-corrected chi connectivity index (χ4v) is 1.18. The number of hydrogen-bond donors (Lipinski definition) is 0. The maximum atomic E-state index is 11.9. The molecule has 1 aromatic rings. The molecule has 0 unspecified atom stereocenters. The summed E-state index contributed by atoms with van der Waals surface area (Å²) in [6, 6.07) is 6.78. The predicted octanol–water partition coefficient (Wildman–Crippen LogP) is 3.09. The Bertz CT molecular complexity index is 304. The highest BCUT2D eigenvalue weighted by Gasteiger charge is 2.03. The van der Waals surface area contributed by atoms with E-state index in [0.29, 0.717) is 12.0 Å². The maximum Gasteiger partial charge on any atom is 0.239 e. The summed E-state index contributed by atoms with van der Waals surface area (Å²) in [4.78, 5) is 10.9. The molecule has 0 heterocycles. The standard InChI is InChI=1S/C11H12F2O/c1-8(14)10-5-2-9(3-6-10)4-7-11(12)13/h2-3,5-6,11H,4,7H2,1H3. The summed E-state index contributed by atoms with van der Waals surface area (Å²) in [6.45, 7) is 1.48. The minimum atomic E-state index is -2.26. The van der Waals surface area contributed by atoms with Gasteiger partial charge < -0.3 is 0 Å². The van der Waals surface area contributed by atoms with E-state index in [-0.39, 0.29) is 12.2 Å². The van der Waals surface area contributed by atoms with Crippen LogP contribution in [0.5, 0.6) is 0 Å². The molecule has 0 N–H and O–H groups in total. The monoisotopic (exact) mass is 198 g/mol. The lowest BCUT2D eigenvalue weighted by Crippen LogP contribution is -1.96. The van der Waals surface area contributed by atoms with Gasteiger partial charge in [-0.3, -0.25) is 4.79 Å². The second-order valence-corrected chi connectivity index (χ2v) is 3.18. The Hall–Kier alpha value is -1.25. The Labute approximate surface area is 81.7 Å². The quantitative estimate of drug-likeness (QED) is 0.679. The third kappa shape index (κ3) is 3.24. The zero-order valence-electron chi connectivity index (χ0n) is 7.97. The van der Waals surface area contributed by atoms with Crippen molar-refractivity contribution in [2.75, 3.05) is 0 Å². The molecule has 0 saturated carbocycles. The van der Waals surface area contributed by atoms with E-state index in [1.165, 1.54) is 6.92 Å². The van der Waals surface area contributed by atoms with E-state index < -0.39 is 6.43 Å². The summed E-state index contributed by atoms with van der Waals surface area (Å²) >= 11 is 0. The van der Waals surface area contributed by atoms with Gasteiger partial charge in [0.1, 0.15) is 0 Å². The Balaban J connectivity index is 2.60. The van der Waals surface area contributed by atoms with Gasteiger partial charge in [0.15, 0.2) is 5.78 Å². The number of alkyl halides is 2. The molecule has 0 aromatic heterocycles. The fourth-order valence-electron chi connectivity index (χ4n) is 1.18. The van der Waals surface area contributed by atoms with Gasteiger partial charge in [-0.2, -0.15) is 0 Å². The molecule has 0 aliphatic rings. The predicted molar refractivity (Wildman–Crippen MR) is 50.8 cm³/mol. The molecule has 1 rings (SSSR count). The van der Waals surface area contributed by atoms with E-state index in [0.717, 1.165) is 5.56 Å². The minimum absolute atomic E-state index is 0.00888. The lowest BCUT2D eigenvalue weighted by atomic mass is 10.1. The topological polar surface area (TPSA) is 17.1 Å². The van der Waals surface area contributed by atoms with Crippen molar-refractivity contribution in [2.45, 2.75) is 26.2 Å². The second kappa shape index (κ2) is 4.84. The van der Waals surface area contributed by atoms with Crippen LogP contribution in [0, 0.1) is 0 Å². The molecule has 0 bridgehead atoms. The molecule has 0 amide bonds. The van der Waals surface area contributed by atoms with E-state index in [1.807, 2.05) is 0 Å². The molecule has 0 aliphatic carbocycles. The number of halogens is 2. The van der Waals surface area contributed by atoms with E-state index >= 15 is 0 Å². The van der Waals surface area contributed by atoms with Crippen LogP contribution < -0.4 is 0 Å². The average molecular weight is 198 g/mol. The van der Waals surface area contributed by atoms with Crippen LogP contribution in [0.4, 0.5) is 8.78 Å². The number of aryl methyl sites for hydroxylation is 1. The number of rotatable bonds is 4. The van der Waals surface area contributed by atoms with Crippen molar-refractivity contribution in [1.82, 2.24) is 0 Å². The third-order valence-electron chi connectivity index (χ3n) is 2.01. The first-order valence-electron chi connectivity index (χ1n) is 4.47. The van der Waals surface area contributed by atoms with E-state index in [2.05, 4.69) is 0 Å². The van der Waals surface area contributed by atoms with E-state index in [9.17, 15) is 13.6 Å². The highest BCUT2D eigenvalue weighted by molar-refractivity contribution is 5.93. The third-order valence-corrected chi connectivity index (χ3v) is 2.01. The summed E-state index contributed by atoms with van der Waals surface area (Å²) in [5.74, 6) is -0.00888. The molecule has 0 radical (unpaired) electrons. The van der Waals surface area contributed by atoms with Gasteiger partial charge in [-0.1, -0.05) is 24.3 Å². The smallest absolute Gasteiger partial charge is 0.239 e. The summed E-state index contributed by atoms with van der Waals surface area (Å²) in [5.41, 5.74) is 1.46. The van der Waals surface area contributed by atoms with E-state index in [4.69, 9.17) is 0 Å². The molecule has 0 spiro atoms. The first-order valence-corrected chi connectivity index (χ1v) is 4.47. The molecular formula is C11H12F2O. The van der Waals surface area contributed by atoms with E-state index in [1.54, 1.807) is 24.3 Å². The second-order valence-electron chi connectivity index (χ2n) is 3.18. The number of carbonyl (C=O) groups excluding carboxylic acids is 1. The largest absolute Gasteiger partial charge is 0.295 e. The van der Waals surface area contributed by atoms with Crippen molar-refractivity contribution in [2.24, 2.45) is 0 Å². The normalized spacial score (nSPS) is 10.6. The highest BCUT2D eigenvalue weighted by atomic mass is 19.3. The SMILES string of the molecule is CC(=O)c1ccc(CCC(F)F)cc1. The van der Waals surface area contributed by atoms with Gasteiger partial charge in [-0.05, 0) is 18.9 Å². The Morgan fingerprint density at radius 1 is 1.29 bits per heavy atom. The Kier molecular flexibility index (Phi) is 3.74. The minimum Gasteiger partial charge on any atom is -0.295 e. The molecule has 1 nitrogen and oxygen atoms in total. The van der Waals surface area contributed by atoms with Crippen LogP contribution in [0.1, 0.15) is 29.3 Å². The molecule has 0 atom stereocenters. The first kappa shape index (κ1) is 10.8. The molecule has 14 heavy (non-hydrogen) atoms. The zero-order valence-corrected chi connectivity index (χ0v) is 7.97. The van der Waals surface area contributed by atoms with Crippen LogP contribution in [0.25, 0.3) is 0 Å². The first-order chi connectivity index (χ1) is 6.59. The summed E-state index contributed by atoms with van der Waals surface area (Å²) < 4.78 is 23.7. The van der Waals surface area contributed by atoms with Crippen LogP contribution in [-0.4, -0.2) is 12.2 Å². The van der Waals surface area contributed by atoms with Gasteiger partial charge >= 0.3 is 0 Å². The number of ketones is 1. The van der Waals surface area contributed by atoms with Crippen LogP contribution in [0.15, 0.2) is 24.3 Å². The van der Waals surface area contributed by atoms with Crippen molar-refractivity contribution in [3.8, 4) is 0 Å². The maximum absolute atomic E-state index is 11.9. The molecule has 3 heteroatoms. The number of benzene rings is 1. The molecule has 0 fully saturated rings. The average Bonchev–Trinajstić information content (AvgIpc) is 2.15. The van der Waals surface area contributed by atoms with Crippen molar-refractivity contribution in [3.63, 3.8) is 0 Å². The Morgan fingerprint density at radius 2 is 1.86 bits per heavy atom.